The zero-order chi connectivity index (χ0) is 19.8. The normalized spacial score (nSPS) is 19.2. The summed E-state index contributed by atoms with van der Waals surface area (Å²) >= 11 is 0. The van der Waals surface area contributed by atoms with E-state index in [2.05, 4.69) is 10.3 Å². The van der Waals surface area contributed by atoms with E-state index in [0.29, 0.717) is 44.5 Å². The minimum absolute atomic E-state index is 0.0225. The van der Waals surface area contributed by atoms with E-state index in [1.807, 2.05) is 0 Å². The van der Waals surface area contributed by atoms with Gasteiger partial charge in [-0.15, -0.1) is 0 Å². The second kappa shape index (κ2) is 7.16. The second-order valence-electron chi connectivity index (χ2n) is 7.45. The van der Waals surface area contributed by atoms with Crippen LogP contribution in [-0.2, 0) is 9.84 Å². The fraction of sp³-hybridized carbons (Fsp3) is 0.400. The molecule has 1 aliphatic heterocycles. The van der Waals surface area contributed by atoms with Gasteiger partial charge in [-0.2, -0.15) is 0 Å². The van der Waals surface area contributed by atoms with Crippen LogP contribution in [0.1, 0.15) is 25.7 Å². The topological polar surface area (TPSA) is 79.4 Å². The molecule has 28 heavy (non-hydrogen) atoms. The first-order chi connectivity index (χ1) is 13.4. The molecule has 1 saturated heterocycles. The number of benzene rings is 1. The van der Waals surface area contributed by atoms with Crippen LogP contribution in [0.5, 0.6) is 0 Å². The minimum Gasteiger partial charge on any atom is -0.325 e. The van der Waals surface area contributed by atoms with Gasteiger partial charge in [-0.05, 0) is 61.9 Å². The molecular formula is C20H22FN3O3S. The number of likely N-dealkylation sites (tertiary alicyclic amines) is 1. The molecule has 1 saturated carbocycles. The van der Waals surface area contributed by atoms with Crippen molar-refractivity contribution in [1.82, 2.24) is 9.88 Å². The second-order valence-corrected chi connectivity index (χ2v) is 9.74. The Morgan fingerprint density at radius 1 is 1.14 bits per heavy atom. The molecule has 2 heterocycles. The third-order valence-electron chi connectivity index (χ3n) is 5.84. The smallest absolute Gasteiger partial charge is 0.321 e. The lowest BCUT2D eigenvalue weighted by molar-refractivity contribution is 0.179. The maximum Gasteiger partial charge on any atom is 0.321 e. The number of pyridine rings is 1. The van der Waals surface area contributed by atoms with Crippen LogP contribution >= 0.6 is 0 Å². The standard InChI is InChI=1S/C20H22FN3O3S/c21-16-2-1-3-18(14-16)28(26,27)20(8-9-20)15-6-12-24(13-7-15)19(25)23-17-4-10-22-11-5-17/h1-5,10-11,14-15H,6-9,12-13H2,(H,22,23,25). The van der Waals surface area contributed by atoms with Gasteiger partial charge in [0.1, 0.15) is 5.82 Å². The molecule has 8 heteroatoms. The molecule has 0 unspecified atom stereocenters. The molecule has 2 amide bonds. The Hall–Kier alpha value is -2.48. The van der Waals surface area contributed by atoms with Crippen molar-refractivity contribution in [2.75, 3.05) is 18.4 Å². The molecule has 1 aromatic carbocycles. The predicted octanol–water partition coefficient (Wildman–Crippen LogP) is 3.47. The average Bonchev–Trinajstić information content (AvgIpc) is 3.51. The Morgan fingerprint density at radius 3 is 2.43 bits per heavy atom. The van der Waals surface area contributed by atoms with Crippen LogP contribution in [0.15, 0.2) is 53.7 Å². The lowest BCUT2D eigenvalue weighted by atomic mass is 9.91. The molecule has 1 N–H and O–H groups in total. The summed E-state index contributed by atoms with van der Waals surface area (Å²) in [6.45, 7) is 1.00. The van der Waals surface area contributed by atoms with E-state index in [4.69, 9.17) is 0 Å². The zero-order valence-electron chi connectivity index (χ0n) is 15.3. The SMILES string of the molecule is O=C(Nc1ccncc1)N1CCC(C2(S(=O)(=O)c3cccc(F)c3)CC2)CC1. The third kappa shape index (κ3) is 3.37. The number of sulfone groups is 1. The summed E-state index contributed by atoms with van der Waals surface area (Å²) in [4.78, 5) is 18.1. The van der Waals surface area contributed by atoms with E-state index in [1.165, 1.54) is 18.2 Å². The zero-order valence-corrected chi connectivity index (χ0v) is 16.2. The number of carbonyl (C=O) groups is 1. The predicted molar refractivity (Wildman–Crippen MR) is 103 cm³/mol. The van der Waals surface area contributed by atoms with Crippen LogP contribution in [0.25, 0.3) is 0 Å². The summed E-state index contributed by atoms with van der Waals surface area (Å²) in [7, 11) is -3.60. The molecule has 2 aromatic rings. The summed E-state index contributed by atoms with van der Waals surface area (Å²) in [5.74, 6) is -0.565. The number of amides is 2. The molecule has 0 spiro atoms. The monoisotopic (exact) mass is 403 g/mol. The Kier molecular flexibility index (Phi) is 4.82. The highest BCUT2D eigenvalue weighted by Gasteiger charge is 2.60. The first-order valence-electron chi connectivity index (χ1n) is 9.38. The van der Waals surface area contributed by atoms with Crippen molar-refractivity contribution in [2.24, 2.45) is 5.92 Å². The first-order valence-corrected chi connectivity index (χ1v) is 10.9. The quantitative estimate of drug-likeness (QED) is 0.848. The lowest BCUT2D eigenvalue weighted by Gasteiger charge is -2.36. The number of nitrogens with one attached hydrogen (secondary N) is 1. The van der Waals surface area contributed by atoms with Gasteiger partial charge in [0.2, 0.25) is 0 Å². The number of aromatic nitrogens is 1. The highest BCUT2D eigenvalue weighted by atomic mass is 32.2. The van der Waals surface area contributed by atoms with Crippen molar-refractivity contribution in [3.05, 3.63) is 54.6 Å². The molecule has 6 nitrogen and oxygen atoms in total. The third-order valence-corrected chi connectivity index (χ3v) is 8.53. The van der Waals surface area contributed by atoms with Crippen molar-refractivity contribution in [3.8, 4) is 0 Å². The molecule has 1 aromatic heterocycles. The molecule has 1 aliphatic carbocycles. The van der Waals surface area contributed by atoms with Crippen molar-refractivity contribution < 1.29 is 17.6 Å². The fourth-order valence-corrected chi connectivity index (χ4v) is 6.44. The first kappa shape index (κ1) is 18.9. The van der Waals surface area contributed by atoms with Crippen LogP contribution in [0, 0.1) is 11.7 Å². The van der Waals surface area contributed by atoms with Gasteiger partial charge in [-0.3, -0.25) is 4.98 Å². The van der Waals surface area contributed by atoms with Crippen molar-refractivity contribution in [1.29, 1.82) is 0 Å². The van der Waals surface area contributed by atoms with Gasteiger partial charge in [-0.25, -0.2) is 17.6 Å². The van der Waals surface area contributed by atoms with E-state index in [0.717, 1.165) is 6.07 Å². The number of piperidine rings is 1. The summed E-state index contributed by atoms with van der Waals surface area (Å²) in [6, 6.07) is 8.50. The maximum atomic E-state index is 13.5. The summed E-state index contributed by atoms with van der Waals surface area (Å²) < 4.78 is 39.1. The Bertz CT molecular complexity index is 969. The molecule has 2 fully saturated rings. The number of anilines is 1. The van der Waals surface area contributed by atoms with Crippen molar-refractivity contribution >= 4 is 21.6 Å². The molecule has 0 atom stereocenters. The number of halogens is 1. The van der Waals surface area contributed by atoms with Gasteiger partial charge in [0, 0.05) is 31.2 Å². The molecule has 4 rings (SSSR count). The fourth-order valence-electron chi connectivity index (χ4n) is 4.13. The van der Waals surface area contributed by atoms with Gasteiger partial charge in [-0.1, -0.05) is 6.07 Å². The van der Waals surface area contributed by atoms with Gasteiger partial charge < -0.3 is 10.2 Å². The van der Waals surface area contributed by atoms with Gasteiger partial charge in [0.05, 0.1) is 9.64 Å². The number of carbonyl (C=O) groups excluding carboxylic acids is 1. The average molecular weight is 403 g/mol. The minimum atomic E-state index is -3.60. The van der Waals surface area contributed by atoms with Crippen LogP contribution in [0.4, 0.5) is 14.9 Å². The Morgan fingerprint density at radius 2 is 1.82 bits per heavy atom. The molecule has 0 bridgehead atoms. The van der Waals surface area contributed by atoms with E-state index in [1.54, 1.807) is 29.4 Å². The van der Waals surface area contributed by atoms with Crippen LogP contribution in [-0.4, -0.2) is 42.2 Å². The Balaban J connectivity index is 1.43. The van der Waals surface area contributed by atoms with Gasteiger partial charge >= 0.3 is 6.03 Å². The summed E-state index contributed by atoms with van der Waals surface area (Å²) in [6.07, 6.45) is 5.65. The molecule has 0 radical (unpaired) electrons. The number of hydrogen-bond donors (Lipinski definition) is 1. The largest absolute Gasteiger partial charge is 0.325 e. The molecular weight excluding hydrogens is 381 g/mol. The van der Waals surface area contributed by atoms with E-state index >= 15 is 0 Å². The number of nitrogens with zero attached hydrogens (tertiary/aromatic N) is 2. The van der Waals surface area contributed by atoms with Gasteiger partial charge in [0.15, 0.2) is 9.84 Å². The number of rotatable bonds is 4. The van der Waals surface area contributed by atoms with Crippen molar-refractivity contribution in [2.45, 2.75) is 35.3 Å². The van der Waals surface area contributed by atoms with E-state index < -0.39 is 20.4 Å². The number of urea groups is 1. The highest BCUT2D eigenvalue weighted by molar-refractivity contribution is 7.93. The molecule has 148 valence electrons. The number of hydrogen-bond acceptors (Lipinski definition) is 4. The van der Waals surface area contributed by atoms with E-state index in [9.17, 15) is 17.6 Å². The Labute approximate surface area is 163 Å². The highest BCUT2D eigenvalue weighted by Crippen LogP contribution is 2.55. The van der Waals surface area contributed by atoms with E-state index in [-0.39, 0.29) is 16.8 Å². The van der Waals surface area contributed by atoms with Crippen LogP contribution in [0.2, 0.25) is 0 Å². The van der Waals surface area contributed by atoms with Crippen LogP contribution in [0.3, 0.4) is 0 Å². The van der Waals surface area contributed by atoms with Gasteiger partial charge in [0.25, 0.3) is 0 Å². The maximum absolute atomic E-state index is 13.5. The summed E-state index contributed by atoms with van der Waals surface area (Å²) in [5.41, 5.74) is 0.675. The lowest BCUT2D eigenvalue weighted by Crippen LogP contribution is -2.45. The van der Waals surface area contributed by atoms with Crippen LogP contribution < -0.4 is 5.32 Å². The molecule has 2 aliphatic rings. The van der Waals surface area contributed by atoms with Crippen molar-refractivity contribution in [3.63, 3.8) is 0 Å². The summed E-state index contributed by atoms with van der Waals surface area (Å²) in [5, 5.41) is 2.83.